The molecule has 4 rings (SSSR count). The summed E-state index contributed by atoms with van der Waals surface area (Å²) in [4.78, 5) is 29.3. The van der Waals surface area contributed by atoms with Gasteiger partial charge >= 0.3 is 0 Å². The van der Waals surface area contributed by atoms with Crippen LogP contribution in [-0.4, -0.2) is 29.4 Å². The molecule has 2 amide bonds. The van der Waals surface area contributed by atoms with Gasteiger partial charge in [0, 0.05) is 41.6 Å². The van der Waals surface area contributed by atoms with Crippen LogP contribution in [-0.2, 0) is 15.0 Å². The van der Waals surface area contributed by atoms with Gasteiger partial charge in [-0.05, 0) is 74.3 Å². The summed E-state index contributed by atoms with van der Waals surface area (Å²) in [6, 6.07) is 11.0. The number of hydrogen-bond donors (Lipinski definition) is 3. The molecule has 1 aromatic heterocycles. The van der Waals surface area contributed by atoms with Crippen molar-refractivity contribution in [1.82, 2.24) is 10.3 Å². The largest absolute Gasteiger partial charge is 0.354 e. The molecule has 1 atom stereocenters. The van der Waals surface area contributed by atoms with Crippen LogP contribution in [0.5, 0.6) is 0 Å². The standard InChI is InChI=1S/C24H29ClN4O2/c25-19-7-5-18(6-8-19)24(11-12-24)23(31)28-15-21(26)16-1-3-17(4-2-16)22(30)29-20-9-13-27-14-10-20/h5-10,13-14,16-17,21H,1-4,11-12,15,26H2,(H,28,31)(H,27,29,30)/t16-,17-,21?. The zero-order valence-electron chi connectivity index (χ0n) is 17.5. The molecule has 1 heterocycles. The van der Waals surface area contributed by atoms with Gasteiger partial charge in [0.25, 0.3) is 0 Å². The third-order valence-electron chi connectivity index (χ3n) is 6.78. The summed E-state index contributed by atoms with van der Waals surface area (Å²) in [6.07, 6.45) is 8.47. The van der Waals surface area contributed by atoms with Gasteiger partial charge in [-0.3, -0.25) is 14.6 Å². The van der Waals surface area contributed by atoms with Crippen molar-refractivity contribution in [1.29, 1.82) is 0 Å². The van der Waals surface area contributed by atoms with E-state index in [9.17, 15) is 9.59 Å². The molecule has 6 nitrogen and oxygen atoms in total. The van der Waals surface area contributed by atoms with E-state index in [2.05, 4.69) is 15.6 Å². The van der Waals surface area contributed by atoms with Crippen LogP contribution in [0.25, 0.3) is 0 Å². The molecule has 0 aliphatic heterocycles. The van der Waals surface area contributed by atoms with Crippen molar-refractivity contribution >= 4 is 29.1 Å². The van der Waals surface area contributed by atoms with E-state index in [0.29, 0.717) is 17.5 Å². The van der Waals surface area contributed by atoms with Crippen molar-refractivity contribution in [2.75, 3.05) is 11.9 Å². The van der Waals surface area contributed by atoms with Gasteiger partial charge in [-0.15, -0.1) is 0 Å². The zero-order valence-corrected chi connectivity index (χ0v) is 18.3. The van der Waals surface area contributed by atoms with E-state index in [-0.39, 0.29) is 23.8 Å². The highest BCUT2D eigenvalue weighted by molar-refractivity contribution is 6.30. The van der Waals surface area contributed by atoms with Crippen LogP contribution in [0, 0.1) is 11.8 Å². The summed E-state index contributed by atoms with van der Waals surface area (Å²) in [5, 5.41) is 6.72. The van der Waals surface area contributed by atoms with Gasteiger partial charge in [-0.25, -0.2) is 0 Å². The van der Waals surface area contributed by atoms with E-state index in [4.69, 9.17) is 17.3 Å². The minimum atomic E-state index is -0.424. The topological polar surface area (TPSA) is 97.1 Å². The van der Waals surface area contributed by atoms with Crippen molar-refractivity contribution in [3.05, 3.63) is 59.4 Å². The normalized spacial score (nSPS) is 22.9. The number of nitrogens with two attached hydrogens (primary N) is 1. The van der Waals surface area contributed by atoms with Gasteiger partial charge < -0.3 is 16.4 Å². The molecule has 1 unspecified atom stereocenters. The highest BCUT2D eigenvalue weighted by atomic mass is 35.5. The van der Waals surface area contributed by atoms with Crippen molar-refractivity contribution in [2.45, 2.75) is 50.0 Å². The lowest BCUT2D eigenvalue weighted by molar-refractivity contribution is -0.123. The number of anilines is 1. The molecule has 0 spiro atoms. The summed E-state index contributed by atoms with van der Waals surface area (Å²) >= 11 is 5.98. The number of aromatic nitrogens is 1. The number of amides is 2. The Balaban J connectivity index is 1.23. The molecule has 2 aliphatic rings. The predicted octanol–water partition coefficient (Wildman–Crippen LogP) is 3.66. The summed E-state index contributed by atoms with van der Waals surface area (Å²) in [5.74, 6) is 0.433. The minimum absolute atomic E-state index is 0.00541. The number of rotatable bonds is 7. The first kappa shape index (κ1) is 21.8. The van der Waals surface area contributed by atoms with Crippen LogP contribution in [0.3, 0.4) is 0 Å². The molecule has 0 bridgehead atoms. The van der Waals surface area contributed by atoms with Gasteiger partial charge in [0.1, 0.15) is 0 Å². The molecule has 0 radical (unpaired) electrons. The number of pyridine rings is 1. The Morgan fingerprint density at radius 2 is 1.71 bits per heavy atom. The average Bonchev–Trinajstić information content (AvgIpc) is 3.60. The second-order valence-corrected chi connectivity index (χ2v) is 9.24. The smallest absolute Gasteiger partial charge is 0.230 e. The Morgan fingerprint density at radius 1 is 1.06 bits per heavy atom. The fourth-order valence-electron chi connectivity index (χ4n) is 4.58. The van der Waals surface area contributed by atoms with E-state index in [1.54, 1.807) is 24.5 Å². The molecule has 164 valence electrons. The number of carbonyl (C=O) groups excluding carboxylic acids is 2. The number of nitrogens with one attached hydrogen (secondary N) is 2. The summed E-state index contributed by atoms with van der Waals surface area (Å²) < 4.78 is 0. The van der Waals surface area contributed by atoms with Crippen LogP contribution in [0.4, 0.5) is 5.69 Å². The predicted molar refractivity (Wildman–Crippen MR) is 122 cm³/mol. The molecule has 2 aromatic rings. The van der Waals surface area contributed by atoms with Crippen LogP contribution in [0.2, 0.25) is 5.02 Å². The maximum Gasteiger partial charge on any atom is 0.230 e. The summed E-state index contributed by atoms with van der Waals surface area (Å²) in [6.45, 7) is 0.465. The van der Waals surface area contributed by atoms with E-state index in [0.717, 1.165) is 49.8 Å². The summed E-state index contributed by atoms with van der Waals surface area (Å²) in [7, 11) is 0. The molecule has 7 heteroatoms. The molecule has 2 aliphatic carbocycles. The van der Waals surface area contributed by atoms with Crippen molar-refractivity contribution in [3.63, 3.8) is 0 Å². The monoisotopic (exact) mass is 440 g/mol. The molecular weight excluding hydrogens is 412 g/mol. The maximum absolute atomic E-state index is 12.9. The average molecular weight is 441 g/mol. The van der Waals surface area contributed by atoms with Gasteiger partial charge in [0.2, 0.25) is 11.8 Å². The Labute approximate surface area is 188 Å². The number of nitrogens with zero attached hydrogens (tertiary/aromatic N) is 1. The first-order valence-electron chi connectivity index (χ1n) is 11.0. The number of halogens is 1. The first-order chi connectivity index (χ1) is 15.0. The highest BCUT2D eigenvalue weighted by Crippen LogP contribution is 2.48. The molecule has 1 aromatic carbocycles. The fraction of sp³-hybridized carbons (Fsp3) is 0.458. The van der Waals surface area contributed by atoms with Crippen molar-refractivity contribution < 1.29 is 9.59 Å². The van der Waals surface area contributed by atoms with E-state index < -0.39 is 5.41 Å². The van der Waals surface area contributed by atoms with Crippen LogP contribution < -0.4 is 16.4 Å². The quantitative estimate of drug-likeness (QED) is 0.612. The highest BCUT2D eigenvalue weighted by Gasteiger charge is 2.51. The molecule has 2 saturated carbocycles. The van der Waals surface area contributed by atoms with E-state index in [1.807, 2.05) is 24.3 Å². The second-order valence-electron chi connectivity index (χ2n) is 8.80. The molecule has 4 N–H and O–H groups in total. The maximum atomic E-state index is 12.9. The number of hydrogen-bond acceptors (Lipinski definition) is 4. The first-order valence-corrected chi connectivity index (χ1v) is 11.4. The van der Waals surface area contributed by atoms with Crippen molar-refractivity contribution in [2.24, 2.45) is 17.6 Å². The van der Waals surface area contributed by atoms with Crippen LogP contribution in [0.1, 0.15) is 44.1 Å². The number of benzene rings is 1. The lowest BCUT2D eigenvalue weighted by Crippen LogP contribution is -2.46. The Bertz CT molecular complexity index is 907. The SMILES string of the molecule is NC(CNC(=O)C1(c2ccc(Cl)cc2)CC1)[C@H]1CC[C@H](C(=O)Nc2ccncc2)CC1. The fourth-order valence-corrected chi connectivity index (χ4v) is 4.70. The van der Waals surface area contributed by atoms with Gasteiger partial charge in [-0.2, -0.15) is 0 Å². The molecule has 31 heavy (non-hydrogen) atoms. The Kier molecular flexibility index (Phi) is 6.58. The van der Waals surface area contributed by atoms with Crippen molar-refractivity contribution in [3.8, 4) is 0 Å². The van der Waals surface area contributed by atoms with E-state index >= 15 is 0 Å². The molecule has 2 fully saturated rings. The molecule has 0 saturated heterocycles. The number of carbonyl (C=O) groups is 2. The van der Waals surface area contributed by atoms with Gasteiger partial charge in [0.05, 0.1) is 5.41 Å². The van der Waals surface area contributed by atoms with Gasteiger partial charge in [-0.1, -0.05) is 23.7 Å². The third-order valence-corrected chi connectivity index (χ3v) is 7.03. The zero-order chi connectivity index (χ0) is 21.8. The second kappa shape index (κ2) is 9.37. The lowest BCUT2D eigenvalue weighted by atomic mass is 9.78. The summed E-state index contributed by atoms with van der Waals surface area (Å²) in [5.41, 5.74) is 7.79. The van der Waals surface area contributed by atoms with Gasteiger partial charge in [0.15, 0.2) is 0 Å². The molecular formula is C24H29ClN4O2. The lowest BCUT2D eigenvalue weighted by Gasteiger charge is -2.32. The minimum Gasteiger partial charge on any atom is -0.354 e. The van der Waals surface area contributed by atoms with Crippen LogP contribution in [0.15, 0.2) is 48.8 Å². The Morgan fingerprint density at radius 3 is 2.32 bits per heavy atom. The van der Waals surface area contributed by atoms with E-state index in [1.165, 1.54) is 0 Å². The third kappa shape index (κ3) is 5.08. The Hall–Kier alpha value is -2.44. The van der Waals surface area contributed by atoms with Crippen LogP contribution >= 0.6 is 11.6 Å².